The van der Waals surface area contributed by atoms with E-state index in [0.29, 0.717) is 11.3 Å². The molecule has 1 atom stereocenters. The number of benzene rings is 3. The third kappa shape index (κ3) is 5.96. The van der Waals surface area contributed by atoms with Crippen molar-refractivity contribution in [3.63, 3.8) is 0 Å². The molecule has 3 aromatic rings. The van der Waals surface area contributed by atoms with Gasteiger partial charge in [0.15, 0.2) is 23.1 Å². The van der Waals surface area contributed by atoms with Crippen LogP contribution in [-0.4, -0.2) is 13.3 Å². The van der Waals surface area contributed by atoms with Gasteiger partial charge in [-0.3, -0.25) is 0 Å². The fraction of sp³-hybridized carbons (Fsp3) is 0.250. The second kappa shape index (κ2) is 9.81. The molecule has 0 aromatic heterocycles. The van der Waals surface area contributed by atoms with Gasteiger partial charge in [0.2, 0.25) is 0 Å². The van der Waals surface area contributed by atoms with Crippen LogP contribution < -0.4 is 9.47 Å². The molecule has 7 heteroatoms. The van der Waals surface area contributed by atoms with E-state index in [1.807, 2.05) is 0 Å². The van der Waals surface area contributed by atoms with Crippen molar-refractivity contribution in [2.24, 2.45) is 0 Å². The smallest absolute Gasteiger partial charge is 0.395 e. The van der Waals surface area contributed by atoms with Gasteiger partial charge >= 0.3 is 6.18 Å². The molecule has 31 heavy (non-hydrogen) atoms. The first-order valence-electron chi connectivity index (χ1n) is 9.69. The number of methoxy groups -OCH3 is 1. The molecule has 0 fully saturated rings. The SMILES string of the molecule is COc1ccc(C(CCCc2ccc(F)c(Oc3ccccc3)c2)C(F)(F)F)cc1F. The lowest BCUT2D eigenvalue weighted by molar-refractivity contribution is -0.152. The first-order valence-corrected chi connectivity index (χ1v) is 9.69. The lowest BCUT2D eigenvalue weighted by Crippen LogP contribution is -2.21. The monoisotopic (exact) mass is 436 g/mol. The van der Waals surface area contributed by atoms with Crippen LogP contribution in [0.5, 0.6) is 17.2 Å². The summed E-state index contributed by atoms with van der Waals surface area (Å²) >= 11 is 0. The number of para-hydroxylation sites is 1. The Hall–Kier alpha value is -3.09. The second-order valence-corrected chi connectivity index (χ2v) is 7.06. The van der Waals surface area contributed by atoms with Crippen molar-refractivity contribution in [1.82, 2.24) is 0 Å². The highest BCUT2D eigenvalue weighted by Gasteiger charge is 2.40. The maximum atomic E-state index is 14.1. The zero-order valence-corrected chi connectivity index (χ0v) is 16.8. The summed E-state index contributed by atoms with van der Waals surface area (Å²) in [7, 11) is 1.25. The largest absolute Gasteiger partial charge is 0.494 e. The van der Waals surface area contributed by atoms with Crippen molar-refractivity contribution in [3.8, 4) is 17.2 Å². The minimum atomic E-state index is -4.52. The molecule has 0 aliphatic carbocycles. The van der Waals surface area contributed by atoms with Gasteiger partial charge in [-0.1, -0.05) is 30.3 Å². The quantitative estimate of drug-likeness (QED) is 0.342. The Morgan fingerprint density at radius 2 is 1.58 bits per heavy atom. The Morgan fingerprint density at radius 1 is 0.839 bits per heavy atom. The topological polar surface area (TPSA) is 18.5 Å². The van der Waals surface area contributed by atoms with Crippen LogP contribution in [0.2, 0.25) is 0 Å². The van der Waals surface area contributed by atoms with Crippen molar-refractivity contribution in [1.29, 1.82) is 0 Å². The third-order valence-electron chi connectivity index (χ3n) is 4.90. The molecule has 0 saturated carbocycles. The van der Waals surface area contributed by atoms with Crippen molar-refractivity contribution < 1.29 is 31.4 Å². The molecule has 0 N–H and O–H groups in total. The highest BCUT2D eigenvalue weighted by atomic mass is 19.4. The van der Waals surface area contributed by atoms with Crippen LogP contribution in [0.3, 0.4) is 0 Å². The summed E-state index contributed by atoms with van der Waals surface area (Å²) in [5.74, 6) is -2.86. The van der Waals surface area contributed by atoms with E-state index >= 15 is 0 Å². The first kappa shape index (κ1) is 22.6. The maximum Gasteiger partial charge on any atom is 0.395 e. The summed E-state index contributed by atoms with van der Waals surface area (Å²) in [6.07, 6.45) is -4.29. The number of rotatable bonds is 8. The van der Waals surface area contributed by atoms with Crippen LogP contribution in [0.15, 0.2) is 66.7 Å². The summed E-state index contributed by atoms with van der Waals surface area (Å²) in [5, 5.41) is 0. The van der Waals surface area contributed by atoms with Gasteiger partial charge in [-0.05, 0) is 66.8 Å². The predicted octanol–water partition coefficient (Wildman–Crippen LogP) is 7.43. The van der Waals surface area contributed by atoms with Gasteiger partial charge in [0.05, 0.1) is 13.0 Å². The molecule has 1 unspecified atom stereocenters. The normalized spacial score (nSPS) is 12.5. The minimum absolute atomic E-state index is 0.00768. The Kier molecular flexibility index (Phi) is 7.15. The molecule has 3 aromatic carbocycles. The van der Waals surface area contributed by atoms with E-state index in [0.717, 1.165) is 6.07 Å². The van der Waals surface area contributed by atoms with Gasteiger partial charge in [0.25, 0.3) is 0 Å². The zero-order chi connectivity index (χ0) is 22.4. The Morgan fingerprint density at radius 3 is 2.23 bits per heavy atom. The van der Waals surface area contributed by atoms with Crippen molar-refractivity contribution in [2.75, 3.05) is 7.11 Å². The summed E-state index contributed by atoms with van der Waals surface area (Å²) in [6.45, 7) is 0. The van der Waals surface area contributed by atoms with Crippen molar-refractivity contribution >= 4 is 0 Å². The van der Waals surface area contributed by atoms with Crippen molar-refractivity contribution in [2.45, 2.75) is 31.4 Å². The first-order chi connectivity index (χ1) is 14.8. The van der Waals surface area contributed by atoms with Crippen LogP contribution in [0.1, 0.15) is 29.9 Å². The fourth-order valence-electron chi connectivity index (χ4n) is 3.33. The summed E-state index contributed by atoms with van der Waals surface area (Å²) in [6, 6.07) is 16.1. The molecule has 0 radical (unpaired) electrons. The summed E-state index contributed by atoms with van der Waals surface area (Å²) < 4.78 is 79.0. The van der Waals surface area contributed by atoms with E-state index in [1.165, 1.54) is 37.4 Å². The minimum Gasteiger partial charge on any atom is -0.494 e. The number of hydrogen-bond acceptors (Lipinski definition) is 2. The van der Waals surface area contributed by atoms with Crippen LogP contribution in [0.25, 0.3) is 0 Å². The van der Waals surface area contributed by atoms with Gasteiger partial charge in [-0.25, -0.2) is 8.78 Å². The molecule has 164 valence electrons. The second-order valence-electron chi connectivity index (χ2n) is 7.06. The van der Waals surface area contributed by atoms with Gasteiger partial charge < -0.3 is 9.47 Å². The lowest BCUT2D eigenvalue weighted by atomic mass is 9.91. The molecule has 0 saturated heterocycles. The highest BCUT2D eigenvalue weighted by Crippen LogP contribution is 2.39. The summed E-state index contributed by atoms with van der Waals surface area (Å²) in [5.41, 5.74) is 0.493. The Balaban J connectivity index is 1.69. The average Bonchev–Trinajstić information content (AvgIpc) is 2.73. The zero-order valence-electron chi connectivity index (χ0n) is 16.8. The molecule has 2 nitrogen and oxygen atoms in total. The lowest BCUT2D eigenvalue weighted by Gasteiger charge is -2.21. The van der Waals surface area contributed by atoms with Gasteiger partial charge in [0.1, 0.15) is 5.75 Å². The number of hydrogen-bond donors (Lipinski definition) is 0. The number of alkyl halides is 3. The molecule has 3 rings (SSSR count). The molecule has 0 amide bonds. The van der Waals surface area contributed by atoms with E-state index in [4.69, 9.17) is 9.47 Å². The van der Waals surface area contributed by atoms with Gasteiger partial charge in [0, 0.05) is 0 Å². The molecule has 0 aliphatic heterocycles. The van der Waals surface area contributed by atoms with Gasteiger partial charge in [-0.15, -0.1) is 0 Å². The van der Waals surface area contributed by atoms with E-state index in [-0.39, 0.29) is 36.3 Å². The molecular weight excluding hydrogens is 415 g/mol. The van der Waals surface area contributed by atoms with Crippen LogP contribution in [-0.2, 0) is 6.42 Å². The molecule has 0 spiro atoms. The Labute approximate surface area is 177 Å². The fourth-order valence-corrected chi connectivity index (χ4v) is 3.33. The molecular formula is C24H21F5O2. The predicted molar refractivity (Wildman–Crippen MR) is 108 cm³/mol. The van der Waals surface area contributed by atoms with Crippen LogP contribution in [0, 0.1) is 11.6 Å². The average molecular weight is 436 g/mol. The molecule has 0 heterocycles. The standard InChI is InChI=1S/C24H21F5O2/c1-30-22-13-11-17(15-21(22)26)19(24(27,28)29)9-5-6-16-10-12-20(25)23(14-16)31-18-7-3-2-4-8-18/h2-4,7-8,10-15,19H,5-6,9H2,1H3. The molecule has 0 bridgehead atoms. The van der Waals surface area contributed by atoms with Gasteiger partial charge in [-0.2, -0.15) is 13.2 Å². The highest BCUT2D eigenvalue weighted by molar-refractivity contribution is 5.35. The maximum absolute atomic E-state index is 14.1. The van der Waals surface area contributed by atoms with Crippen molar-refractivity contribution in [3.05, 3.63) is 89.5 Å². The van der Waals surface area contributed by atoms with E-state index in [1.54, 1.807) is 30.3 Å². The van der Waals surface area contributed by atoms with Crippen LogP contribution >= 0.6 is 0 Å². The Bertz CT molecular complexity index is 1000. The third-order valence-corrected chi connectivity index (χ3v) is 4.90. The number of halogens is 5. The van der Waals surface area contributed by atoms with E-state index in [2.05, 4.69) is 0 Å². The van der Waals surface area contributed by atoms with E-state index in [9.17, 15) is 22.0 Å². The molecule has 0 aliphatic rings. The van der Waals surface area contributed by atoms with Crippen LogP contribution in [0.4, 0.5) is 22.0 Å². The number of aryl methyl sites for hydroxylation is 1. The number of ether oxygens (including phenoxy) is 2. The van der Waals surface area contributed by atoms with E-state index < -0.39 is 23.7 Å². The summed E-state index contributed by atoms with van der Waals surface area (Å²) in [4.78, 5) is 0.